The largest absolute Gasteiger partial charge is 0.393 e. The fourth-order valence-corrected chi connectivity index (χ4v) is 4.03. The molecule has 1 aliphatic heterocycles. The van der Waals surface area contributed by atoms with E-state index in [2.05, 4.69) is 27.5 Å². The summed E-state index contributed by atoms with van der Waals surface area (Å²) in [4.78, 5) is 2.27. The van der Waals surface area contributed by atoms with Crippen LogP contribution in [-0.4, -0.2) is 51.9 Å². The van der Waals surface area contributed by atoms with E-state index >= 15 is 0 Å². The summed E-state index contributed by atoms with van der Waals surface area (Å²) in [5.74, 6) is 0.610. The lowest BCUT2D eigenvalue weighted by Gasteiger charge is -2.30. The molecule has 8 heteroatoms. The van der Waals surface area contributed by atoms with Gasteiger partial charge >= 0.3 is 6.18 Å². The highest BCUT2D eigenvalue weighted by atomic mass is 19.4. The minimum absolute atomic E-state index is 0.213. The Morgan fingerprint density at radius 3 is 2.79 bits per heavy atom. The van der Waals surface area contributed by atoms with Crippen LogP contribution in [0.2, 0.25) is 0 Å². The lowest BCUT2D eigenvalue weighted by Crippen LogP contribution is -2.40. The Hall–Kier alpha value is -2.61. The van der Waals surface area contributed by atoms with E-state index < -0.39 is 12.6 Å². The van der Waals surface area contributed by atoms with Crippen molar-refractivity contribution in [1.29, 1.82) is 0 Å². The first kappa shape index (κ1) is 19.7. The zero-order valence-electron chi connectivity index (χ0n) is 16.5. The summed E-state index contributed by atoms with van der Waals surface area (Å²) in [5.41, 5.74) is 2.66. The van der Waals surface area contributed by atoms with Gasteiger partial charge in [0.2, 0.25) is 5.95 Å². The molecule has 1 atom stereocenters. The van der Waals surface area contributed by atoms with Gasteiger partial charge in [0.25, 0.3) is 0 Å². The number of hydrogen-bond donors (Lipinski definition) is 1. The molecular formula is C21H24F3N5. The number of piperidine rings is 1. The lowest BCUT2D eigenvalue weighted by atomic mass is 9.98. The summed E-state index contributed by atoms with van der Waals surface area (Å²) in [6.07, 6.45) is -1.27. The Balaban J connectivity index is 1.73. The van der Waals surface area contributed by atoms with Gasteiger partial charge < -0.3 is 10.2 Å². The number of aromatic nitrogens is 3. The van der Waals surface area contributed by atoms with Gasteiger partial charge in [-0.15, -0.1) is 10.2 Å². The van der Waals surface area contributed by atoms with E-state index in [-0.39, 0.29) is 11.6 Å². The van der Waals surface area contributed by atoms with E-state index in [0.717, 1.165) is 37.0 Å². The first-order chi connectivity index (χ1) is 13.8. The molecular weight excluding hydrogens is 379 g/mol. The molecule has 154 valence electrons. The summed E-state index contributed by atoms with van der Waals surface area (Å²) in [6, 6.07) is 9.07. The molecule has 3 heterocycles. The van der Waals surface area contributed by atoms with Gasteiger partial charge in [0.15, 0.2) is 0 Å². The molecule has 2 aromatic heterocycles. The fourth-order valence-electron chi connectivity index (χ4n) is 4.03. The van der Waals surface area contributed by atoms with Crippen molar-refractivity contribution < 1.29 is 13.2 Å². The van der Waals surface area contributed by atoms with Crippen LogP contribution < -0.4 is 5.32 Å². The number of likely N-dealkylation sites (tertiary alicyclic amines) is 1. The highest BCUT2D eigenvalue weighted by Gasteiger charge is 2.30. The number of nitrogens with one attached hydrogen (secondary N) is 1. The standard InChI is InChI=1S/C21H24F3N5/c1-14-7-8-17(15(11-14)12-21(22,23)24)19-18-6-4-10-29(18)20(27-26-19)25-16-5-3-9-28(2)13-16/h4,6-8,10-11,16H,3,5,9,12-13H2,1-2H3,(H,25,27)/t16-/m1/s1. The van der Waals surface area contributed by atoms with Crippen molar-refractivity contribution in [3.05, 3.63) is 47.7 Å². The SMILES string of the molecule is Cc1ccc(-c2nnc(N[C@@H]3CCCN(C)C3)n3cccc23)c(CC(F)(F)F)c1. The van der Waals surface area contributed by atoms with E-state index in [1.807, 2.05) is 22.7 Å². The maximum absolute atomic E-state index is 13.1. The number of alkyl halides is 3. The molecule has 0 radical (unpaired) electrons. The van der Waals surface area contributed by atoms with Gasteiger partial charge in [0.1, 0.15) is 5.69 Å². The average molecular weight is 403 g/mol. The van der Waals surface area contributed by atoms with Crippen molar-refractivity contribution in [3.63, 3.8) is 0 Å². The number of likely N-dealkylation sites (N-methyl/N-ethyl adjacent to an activating group) is 1. The Morgan fingerprint density at radius 1 is 1.21 bits per heavy atom. The van der Waals surface area contributed by atoms with Gasteiger partial charge in [-0.25, -0.2) is 0 Å². The van der Waals surface area contributed by atoms with Crippen molar-refractivity contribution in [2.24, 2.45) is 0 Å². The average Bonchev–Trinajstić information content (AvgIpc) is 3.12. The minimum Gasteiger partial charge on any atom is -0.350 e. The Kier molecular flexibility index (Phi) is 5.21. The van der Waals surface area contributed by atoms with Crippen LogP contribution in [-0.2, 0) is 6.42 Å². The molecule has 5 nitrogen and oxygen atoms in total. The quantitative estimate of drug-likeness (QED) is 0.705. The molecule has 1 saturated heterocycles. The van der Waals surface area contributed by atoms with Crippen molar-refractivity contribution in [2.75, 3.05) is 25.5 Å². The van der Waals surface area contributed by atoms with Gasteiger partial charge in [-0.05, 0) is 51.1 Å². The van der Waals surface area contributed by atoms with Crippen molar-refractivity contribution in [2.45, 2.75) is 38.4 Å². The molecule has 0 amide bonds. The second kappa shape index (κ2) is 7.67. The predicted octanol–water partition coefficient (Wildman–Crippen LogP) is 4.32. The van der Waals surface area contributed by atoms with Gasteiger partial charge in [0.05, 0.1) is 11.9 Å². The molecule has 0 aliphatic carbocycles. The van der Waals surface area contributed by atoms with Crippen LogP contribution in [0.3, 0.4) is 0 Å². The number of benzene rings is 1. The Bertz CT molecular complexity index is 1010. The zero-order chi connectivity index (χ0) is 20.6. The number of nitrogens with zero attached hydrogens (tertiary/aromatic N) is 4. The Labute approximate surface area is 167 Å². The van der Waals surface area contributed by atoms with Crippen LogP contribution in [0.25, 0.3) is 16.8 Å². The summed E-state index contributed by atoms with van der Waals surface area (Å²) < 4.78 is 41.2. The number of halogens is 3. The highest BCUT2D eigenvalue weighted by Crippen LogP contribution is 2.32. The molecule has 0 saturated carbocycles. The van der Waals surface area contributed by atoms with Crippen molar-refractivity contribution in [3.8, 4) is 11.3 Å². The molecule has 3 aromatic rings. The molecule has 0 bridgehead atoms. The van der Waals surface area contributed by atoms with Crippen LogP contribution >= 0.6 is 0 Å². The van der Waals surface area contributed by atoms with Crippen LogP contribution in [0.5, 0.6) is 0 Å². The smallest absolute Gasteiger partial charge is 0.350 e. The summed E-state index contributed by atoms with van der Waals surface area (Å²) in [6.45, 7) is 3.79. The Morgan fingerprint density at radius 2 is 2.03 bits per heavy atom. The van der Waals surface area contributed by atoms with Crippen LogP contribution in [0.4, 0.5) is 19.1 Å². The maximum Gasteiger partial charge on any atom is 0.393 e. The van der Waals surface area contributed by atoms with Gasteiger partial charge in [-0.1, -0.05) is 23.8 Å². The second-order valence-electron chi connectivity index (χ2n) is 7.83. The monoisotopic (exact) mass is 403 g/mol. The van der Waals surface area contributed by atoms with E-state index in [1.165, 1.54) is 0 Å². The third-order valence-corrected chi connectivity index (χ3v) is 5.33. The molecule has 1 fully saturated rings. The molecule has 4 rings (SSSR count). The molecule has 1 aromatic carbocycles. The minimum atomic E-state index is -4.29. The predicted molar refractivity (Wildman–Crippen MR) is 107 cm³/mol. The normalized spacial score (nSPS) is 18.3. The first-order valence-electron chi connectivity index (χ1n) is 9.75. The second-order valence-corrected chi connectivity index (χ2v) is 7.83. The molecule has 1 aliphatic rings. The van der Waals surface area contributed by atoms with E-state index in [9.17, 15) is 13.2 Å². The molecule has 1 N–H and O–H groups in total. The van der Waals surface area contributed by atoms with Crippen LogP contribution in [0, 0.1) is 6.92 Å². The molecule has 0 spiro atoms. The summed E-state index contributed by atoms with van der Waals surface area (Å²) in [7, 11) is 2.09. The lowest BCUT2D eigenvalue weighted by molar-refractivity contribution is -0.127. The van der Waals surface area contributed by atoms with E-state index in [1.54, 1.807) is 25.1 Å². The zero-order valence-corrected chi connectivity index (χ0v) is 16.5. The van der Waals surface area contributed by atoms with E-state index in [4.69, 9.17) is 0 Å². The van der Waals surface area contributed by atoms with Crippen LogP contribution in [0.15, 0.2) is 36.5 Å². The van der Waals surface area contributed by atoms with Crippen molar-refractivity contribution >= 4 is 11.5 Å². The number of aryl methyl sites for hydroxylation is 1. The maximum atomic E-state index is 13.1. The third-order valence-electron chi connectivity index (χ3n) is 5.33. The summed E-state index contributed by atoms with van der Waals surface area (Å²) >= 11 is 0. The number of fused-ring (bicyclic) bond motifs is 1. The van der Waals surface area contributed by atoms with Gasteiger partial charge in [-0.3, -0.25) is 4.40 Å². The molecule has 29 heavy (non-hydrogen) atoms. The summed E-state index contributed by atoms with van der Waals surface area (Å²) in [5, 5.41) is 12.1. The van der Waals surface area contributed by atoms with Gasteiger partial charge in [0, 0.05) is 24.3 Å². The fraction of sp³-hybridized carbons (Fsp3) is 0.429. The number of anilines is 1. The topological polar surface area (TPSA) is 45.5 Å². The van der Waals surface area contributed by atoms with Crippen molar-refractivity contribution in [1.82, 2.24) is 19.5 Å². The van der Waals surface area contributed by atoms with Gasteiger partial charge in [-0.2, -0.15) is 13.2 Å². The first-order valence-corrected chi connectivity index (χ1v) is 9.75. The van der Waals surface area contributed by atoms with Crippen LogP contribution in [0.1, 0.15) is 24.0 Å². The highest BCUT2D eigenvalue weighted by molar-refractivity contribution is 5.80. The number of hydrogen-bond acceptors (Lipinski definition) is 4. The number of rotatable bonds is 4. The van der Waals surface area contributed by atoms with E-state index in [0.29, 0.717) is 17.2 Å². The molecule has 0 unspecified atom stereocenters. The third kappa shape index (κ3) is 4.37.